The van der Waals surface area contributed by atoms with Gasteiger partial charge >= 0.3 is 0 Å². The van der Waals surface area contributed by atoms with Crippen LogP contribution in [0.5, 0.6) is 0 Å². The van der Waals surface area contributed by atoms with Crippen LogP contribution in [0.3, 0.4) is 0 Å². The Morgan fingerprint density at radius 2 is 2.00 bits per heavy atom. The summed E-state index contributed by atoms with van der Waals surface area (Å²) in [5.74, 6) is 0.169. The van der Waals surface area contributed by atoms with Crippen LogP contribution in [0.1, 0.15) is 13.3 Å². The van der Waals surface area contributed by atoms with Crippen LogP contribution in [-0.4, -0.2) is 67.9 Å². The van der Waals surface area contributed by atoms with Crippen LogP contribution in [0.2, 0.25) is 0 Å². The number of nitrogens with two attached hydrogens (primary N) is 1. The van der Waals surface area contributed by atoms with E-state index in [1.165, 1.54) is 11.4 Å². The molecule has 106 valence electrons. The molecule has 9 heteroatoms. The van der Waals surface area contributed by atoms with Crippen molar-refractivity contribution in [1.82, 2.24) is 13.9 Å². The van der Waals surface area contributed by atoms with Crippen molar-refractivity contribution < 1.29 is 13.6 Å². The quantitative estimate of drug-likeness (QED) is 0.248. The van der Waals surface area contributed by atoms with E-state index in [0.717, 1.165) is 0 Å². The van der Waals surface area contributed by atoms with Crippen LogP contribution in [-0.2, 0) is 10.2 Å². The highest BCUT2D eigenvalue weighted by atomic mass is 32.2. The molecule has 0 amide bonds. The lowest BCUT2D eigenvalue weighted by atomic mass is 10.1. The molecule has 1 unspecified atom stereocenters. The molecule has 1 aliphatic rings. The standard InChI is InChI=1S/C9H21N5O3S/c1-3-8(9(10)12-15)13-4-6-14(7-5-13)18(16,17)11-2/h8,11,15H,3-7H2,1-2H3,(H2,10,12). The zero-order valence-electron chi connectivity index (χ0n) is 10.7. The Morgan fingerprint density at radius 3 is 2.39 bits per heavy atom. The van der Waals surface area contributed by atoms with Crippen molar-refractivity contribution in [3.05, 3.63) is 0 Å². The van der Waals surface area contributed by atoms with E-state index in [1.807, 2.05) is 11.8 Å². The third-order valence-corrected chi connectivity index (χ3v) is 4.72. The van der Waals surface area contributed by atoms with Gasteiger partial charge in [-0.2, -0.15) is 12.7 Å². The number of nitrogens with one attached hydrogen (secondary N) is 1. The normalized spacial score (nSPS) is 22.0. The van der Waals surface area contributed by atoms with Crippen LogP contribution in [0, 0.1) is 0 Å². The molecule has 1 saturated heterocycles. The fraction of sp³-hybridized carbons (Fsp3) is 0.889. The third kappa shape index (κ3) is 3.31. The number of amidine groups is 1. The van der Waals surface area contributed by atoms with Gasteiger partial charge in [-0.1, -0.05) is 12.1 Å². The predicted octanol–water partition coefficient (Wildman–Crippen LogP) is -1.41. The second-order valence-corrected chi connectivity index (χ2v) is 5.97. The fourth-order valence-electron chi connectivity index (χ4n) is 2.11. The van der Waals surface area contributed by atoms with E-state index in [1.54, 1.807) is 0 Å². The number of rotatable bonds is 5. The molecule has 1 atom stereocenters. The molecule has 0 spiro atoms. The van der Waals surface area contributed by atoms with Gasteiger partial charge in [0.1, 0.15) is 0 Å². The molecule has 4 N–H and O–H groups in total. The fourth-order valence-corrected chi connectivity index (χ4v) is 3.01. The molecule has 0 saturated carbocycles. The number of nitrogens with zero attached hydrogens (tertiary/aromatic N) is 3. The zero-order valence-corrected chi connectivity index (χ0v) is 11.5. The Kier molecular flexibility index (Phi) is 5.32. The number of piperazine rings is 1. The lowest BCUT2D eigenvalue weighted by Crippen LogP contribution is -2.56. The summed E-state index contributed by atoms with van der Waals surface area (Å²) in [4.78, 5) is 2.02. The average Bonchev–Trinajstić information content (AvgIpc) is 2.40. The van der Waals surface area contributed by atoms with Gasteiger partial charge in [0.25, 0.3) is 10.2 Å². The van der Waals surface area contributed by atoms with Gasteiger partial charge in [-0.3, -0.25) is 4.90 Å². The van der Waals surface area contributed by atoms with E-state index in [2.05, 4.69) is 9.88 Å². The summed E-state index contributed by atoms with van der Waals surface area (Å²) in [5, 5.41) is 11.7. The Morgan fingerprint density at radius 1 is 1.44 bits per heavy atom. The van der Waals surface area contributed by atoms with Gasteiger partial charge in [-0.25, -0.2) is 4.72 Å². The van der Waals surface area contributed by atoms with Crippen LogP contribution in [0.4, 0.5) is 0 Å². The van der Waals surface area contributed by atoms with E-state index in [-0.39, 0.29) is 11.9 Å². The molecule has 0 bridgehead atoms. The van der Waals surface area contributed by atoms with E-state index in [0.29, 0.717) is 32.6 Å². The predicted molar refractivity (Wildman–Crippen MR) is 68.6 cm³/mol. The summed E-state index contributed by atoms with van der Waals surface area (Å²) < 4.78 is 26.9. The maximum absolute atomic E-state index is 11.6. The summed E-state index contributed by atoms with van der Waals surface area (Å²) in [6, 6.07) is -0.144. The van der Waals surface area contributed by atoms with E-state index >= 15 is 0 Å². The van der Waals surface area contributed by atoms with E-state index < -0.39 is 10.2 Å². The number of oxime groups is 1. The smallest absolute Gasteiger partial charge is 0.279 e. The van der Waals surface area contributed by atoms with Crippen molar-refractivity contribution >= 4 is 16.0 Å². The topological polar surface area (TPSA) is 111 Å². The van der Waals surface area contributed by atoms with Gasteiger partial charge in [0, 0.05) is 33.2 Å². The molecule has 0 aromatic heterocycles. The summed E-state index contributed by atoms with van der Waals surface area (Å²) >= 11 is 0. The van der Waals surface area contributed by atoms with Gasteiger partial charge in [0.05, 0.1) is 6.04 Å². The largest absolute Gasteiger partial charge is 0.409 e. The minimum absolute atomic E-state index is 0.144. The van der Waals surface area contributed by atoms with Crippen LogP contribution in [0.25, 0.3) is 0 Å². The molecule has 0 aromatic carbocycles. The Labute approximate surface area is 108 Å². The summed E-state index contributed by atoms with van der Waals surface area (Å²) in [7, 11) is -1.96. The number of hydrogen-bond acceptors (Lipinski definition) is 5. The first-order valence-electron chi connectivity index (χ1n) is 5.86. The van der Waals surface area contributed by atoms with Gasteiger partial charge < -0.3 is 10.9 Å². The summed E-state index contributed by atoms with van der Waals surface area (Å²) in [6.45, 7) is 3.88. The summed E-state index contributed by atoms with van der Waals surface area (Å²) in [6.07, 6.45) is 0.717. The van der Waals surface area contributed by atoms with Gasteiger partial charge in [-0.05, 0) is 6.42 Å². The van der Waals surface area contributed by atoms with Crippen molar-refractivity contribution in [2.45, 2.75) is 19.4 Å². The van der Waals surface area contributed by atoms with Gasteiger partial charge in [-0.15, -0.1) is 0 Å². The molecule has 18 heavy (non-hydrogen) atoms. The first kappa shape index (κ1) is 15.2. The first-order valence-corrected chi connectivity index (χ1v) is 7.30. The Bertz CT molecular complexity index is 389. The lowest BCUT2D eigenvalue weighted by molar-refractivity contribution is 0.160. The van der Waals surface area contributed by atoms with Crippen molar-refractivity contribution in [2.75, 3.05) is 33.2 Å². The van der Waals surface area contributed by atoms with Crippen molar-refractivity contribution in [3.8, 4) is 0 Å². The molecule has 0 aliphatic carbocycles. The highest BCUT2D eigenvalue weighted by Crippen LogP contribution is 2.11. The average molecular weight is 279 g/mol. The molecule has 1 fully saturated rings. The second-order valence-electron chi connectivity index (χ2n) is 4.09. The Balaban J connectivity index is 2.64. The molecule has 8 nitrogen and oxygen atoms in total. The monoisotopic (exact) mass is 279 g/mol. The molecule has 0 aromatic rings. The third-order valence-electron chi connectivity index (χ3n) is 3.16. The van der Waals surface area contributed by atoms with E-state index in [9.17, 15) is 8.42 Å². The molecule has 1 aliphatic heterocycles. The first-order chi connectivity index (χ1) is 8.46. The SMILES string of the molecule is CCC(C(N)=NO)N1CCN(S(=O)(=O)NC)CC1. The highest BCUT2D eigenvalue weighted by Gasteiger charge is 2.29. The number of hydrogen-bond donors (Lipinski definition) is 3. The Hall–Kier alpha value is -0.900. The highest BCUT2D eigenvalue weighted by molar-refractivity contribution is 7.87. The molecular formula is C9H21N5O3S. The molecule has 1 heterocycles. The minimum Gasteiger partial charge on any atom is -0.409 e. The van der Waals surface area contributed by atoms with Crippen molar-refractivity contribution in [1.29, 1.82) is 0 Å². The van der Waals surface area contributed by atoms with Crippen molar-refractivity contribution in [3.63, 3.8) is 0 Å². The van der Waals surface area contributed by atoms with Gasteiger partial charge in [0.15, 0.2) is 5.84 Å². The maximum atomic E-state index is 11.6. The second kappa shape index (κ2) is 6.32. The maximum Gasteiger partial charge on any atom is 0.279 e. The summed E-state index contributed by atoms with van der Waals surface area (Å²) in [5.41, 5.74) is 5.62. The molecule has 1 rings (SSSR count). The van der Waals surface area contributed by atoms with Crippen LogP contribution >= 0.6 is 0 Å². The van der Waals surface area contributed by atoms with Crippen molar-refractivity contribution in [2.24, 2.45) is 10.9 Å². The van der Waals surface area contributed by atoms with E-state index in [4.69, 9.17) is 10.9 Å². The van der Waals surface area contributed by atoms with Crippen LogP contribution in [0.15, 0.2) is 5.16 Å². The lowest BCUT2D eigenvalue weighted by Gasteiger charge is -2.37. The zero-order chi connectivity index (χ0) is 13.8. The molecule has 0 radical (unpaired) electrons. The minimum atomic E-state index is -3.36. The molecular weight excluding hydrogens is 258 g/mol. The van der Waals surface area contributed by atoms with Crippen LogP contribution < -0.4 is 10.5 Å². The van der Waals surface area contributed by atoms with Gasteiger partial charge in [0.2, 0.25) is 0 Å².